The highest BCUT2D eigenvalue weighted by Gasteiger charge is 2.45. The van der Waals surface area contributed by atoms with E-state index >= 15 is 0 Å². The van der Waals surface area contributed by atoms with Gasteiger partial charge in [-0.05, 0) is 56.1 Å². The first-order chi connectivity index (χ1) is 10.1. The Morgan fingerprint density at radius 3 is 2.24 bits per heavy atom. The standard InChI is InChI=1S/C18H27FN2/c1-21(16-7-3-2-6-15(16)19)18(14-20)12-10-17(11-13-18)8-4-5-9-17/h2-3,6-7H,4-5,8-14,20H2,1H3. The lowest BCUT2D eigenvalue weighted by atomic mass is 9.66. The van der Waals surface area contributed by atoms with E-state index in [1.54, 1.807) is 6.07 Å². The summed E-state index contributed by atoms with van der Waals surface area (Å²) in [6.07, 6.45) is 10.2. The number of hydrogen-bond acceptors (Lipinski definition) is 2. The van der Waals surface area contributed by atoms with Crippen LogP contribution in [0, 0.1) is 11.2 Å². The number of para-hydroxylation sites is 1. The first kappa shape index (κ1) is 14.8. The van der Waals surface area contributed by atoms with Crippen molar-refractivity contribution in [3.8, 4) is 0 Å². The van der Waals surface area contributed by atoms with E-state index in [4.69, 9.17) is 5.73 Å². The molecule has 0 saturated heterocycles. The monoisotopic (exact) mass is 290 g/mol. The second-order valence-corrected chi connectivity index (χ2v) is 7.15. The Bertz CT molecular complexity index is 484. The van der Waals surface area contributed by atoms with Gasteiger partial charge in [-0.3, -0.25) is 0 Å². The highest BCUT2D eigenvalue weighted by Crippen LogP contribution is 2.52. The van der Waals surface area contributed by atoms with Crippen molar-refractivity contribution in [2.24, 2.45) is 11.1 Å². The molecule has 1 aromatic rings. The van der Waals surface area contributed by atoms with Gasteiger partial charge in [-0.1, -0.05) is 25.0 Å². The summed E-state index contributed by atoms with van der Waals surface area (Å²) in [7, 11) is 2.01. The number of halogens is 1. The van der Waals surface area contributed by atoms with E-state index in [0.29, 0.717) is 17.6 Å². The zero-order chi connectivity index (χ0) is 14.9. The fraction of sp³-hybridized carbons (Fsp3) is 0.667. The molecule has 2 N–H and O–H groups in total. The summed E-state index contributed by atoms with van der Waals surface area (Å²) in [5.41, 5.74) is 7.34. The fourth-order valence-electron chi connectivity index (χ4n) is 4.53. The molecular formula is C18H27FN2. The molecular weight excluding hydrogens is 263 g/mol. The Morgan fingerprint density at radius 1 is 1.05 bits per heavy atom. The molecule has 0 radical (unpaired) electrons. The van der Waals surface area contributed by atoms with Crippen molar-refractivity contribution in [2.45, 2.75) is 56.9 Å². The normalized spacial score (nSPS) is 23.4. The van der Waals surface area contributed by atoms with Crippen molar-refractivity contribution >= 4 is 5.69 Å². The van der Waals surface area contributed by atoms with Gasteiger partial charge >= 0.3 is 0 Å². The van der Waals surface area contributed by atoms with Crippen LogP contribution < -0.4 is 10.6 Å². The molecule has 0 heterocycles. The predicted octanol–water partition coefficient (Wildman–Crippen LogP) is 4.09. The Morgan fingerprint density at radius 2 is 1.67 bits per heavy atom. The summed E-state index contributed by atoms with van der Waals surface area (Å²) in [5, 5.41) is 0. The maximum atomic E-state index is 14.1. The van der Waals surface area contributed by atoms with Gasteiger partial charge in [0, 0.05) is 13.6 Å². The van der Waals surface area contributed by atoms with Gasteiger partial charge in [0.25, 0.3) is 0 Å². The third-order valence-corrected chi connectivity index (χ3v) is 6.21. The minimum Gasteiger partial charge on any atom is -0.365 e. The molecule has 2 nitrogen and oxygen atoms in total. The van der Waals surface area contributed by atoms with Crippen LogP contribution in [0.5, 0.6) is 0 Å². The molecule has 116 valence electrons. The number of nitrogens with zero attached hydrogens (tertiary/aromatic N) is 1. The van der Waals surface area contributed by atoms with Gasteiger partial charge in [0.1, 0.15) is 5.82 Å². The van der Waals surface area contributed by atoms with Crippen molar-refractivity contribution in [1.29, 1.82) is 0 Å². The molecule has 2 fully saturated rings. The highest BCUT2D eigenvalue weighted by molar-refractivity contribution is 5.50. The number of benzene rings is 1. The molecule has 0 aliphatic heterocycles. The summed E-state index contributed by atoms with van der Waals surface area (Å²) < 4.78 is 14.1. The lowest BCUT2D eigenvalue weighted by molar-refractivity contribution is 0.134. The van der Waals surface area contributed by atoms with Crippen LogP contribution in [0.25, 0.3) is 0 Å². The number of hydrogen-bond donors (Lipinski definition) is 1. The Labute approximate surface area is 127 Å². The maximum Gasteiger partial charge on any atom is 0.146 e. The number of anilines is 1. The van der Waals surface area contributed by atoms with Gasteiger partial charge in [-0.2, -0.15) is 0 Å². The van der Waals surface area contributed by atoms with Gasteiger partial charge in [-0.15, -0.1) is 0 Å². The molecule has 0 amide bonds. The first-order valence-electron chi connectivity index (χ1n) is 8.29. The first-order valence-corrected chi connectivity index (χ1v) is 8.29. The van der Waals surface area contributed by atoms with Crippen molar-refractivity contribution < 1.29 is 4.39 Å². The summed E-state index contributed by atoms with van der Waals surface area (Å²) in [4.78, 5) is 2.12. The second kappa shape index (κ2) is 5.60. The third-order valence-electron chi connectivity index (χ3n) is 6.21. The van der Waals surface area contributed by atoms with Crippen LogP contribution in [0.4, 0.5) is 10.1 Å². The van der Waals surface area contributed by atoms with Crippen LogP contribution >= 0.6 is 0 Å². The molecule has 2 aliphatic rings. The number of nitrogens with two attached hydrogens (primary N) is 1. The average Bonchev–Trinajstić information content (AvgIpc) is 2.97. The van der Waals surface area contributed by atoms with E-state index in [1.165, 1.54) is 44.6 Å². The van der Waals surface area contributed by atoms with Crippen molar-refractivity contribution in [3.05, 3.63) is 30.1 Å². The largest absolute Gasteiger partial charge is 0.365 e. The molecule has 0 atom stereocenters. The zero-order valence-electron chi connectivity index (χ0n) is 13.1. The Hall–Kier alpha value is -1.09. The molecule has 0 unspecified atom stereocenters. The van der Waals surface area contributed by atoms with Crippen molar-refractivity contribution in [1.82, 2.24) is 0 Å². The quantitative estimate of drug-likeness (QED) is 0.908. The van der Waals surface area contributed by atoms with E-state index in [9.17, 15) is 4.39 Å². The lowest BCUT2D eigenvalue weighted by Gasteiger charge is -2.50. The van der Waals surface area contributed by atoms with E-state index < -0.39 is 0 Å². The van der Waals surface area contributed by atoms with Crippen LogP contribution in [0.3, 0.4) is 0 Å². The summed E-state index contributed by atoms with van der Waals surface area (Å²) in [5.74, 6) is -0.144. The lowest BCUT2D eigenvalue weighted by Crippen LogP contribution is -2.55. The summed E-state index contributed by atoms with van der Waals surface area (Å²) >= 11 is 0. The molecule has 2 saturated carbocycles. The molecule has 0 aromatic heterocycles. The van der Waals surface area contributed by atoms with Crippen LogP contribution in [0.15, 0.2) is 24.3 Å². The molecule has 3 heteroatoms. The van der Waals surface area contributed by atoms with Crippen LogP contribution in [-0.2, 0) is 0 Å². The van der Waals surface area contributed by atoms with E-state index in [-0.39, 0.29) is 11.4 Å². The molecule has 21 heavy (non-hydrogen) atoms. The summed E-state index contributed by atoms with van der Waals surface area (Å²) in [6.45, 7) is 0.605. The summed E-state index contributed by atoms with van der Waals surface area (Å²) in [6, 6.07) is 7.06. The smallest absolute Gasteiger partial charge is 0.146 e. The van der Waals surface area contributed by atoms with Crippen LogP contribution in [0.1, 0.15) is 51.4 Å². The van der Waals surface area contributed by atoms with Crippen molar-refractivity contribution in [2.75, 3.05) is 18.5 Å². The highest BCUT2D eigenvalue weighted by atomic mass is 19.1. The van der Waals surface area contributed by atoms with Crippen molar-refractivity contribution in [3.63, 3.8) is 0 Å². The maximum absolute atomic E-state index is 14.1. The SMILES string of the molecule is CN(c1ccccc1F)C1(CN)CCC2(CCCC2)CC1. The van der Waals surface area contributed by atoms with Crippen LogP contribution in [0.2, 0.25) is 0 Å². The minimum atomic E-state index is -0.144. The van der Waals surface area contributed by atoms with E-state index in [2.05, 4.69) is 4.90 Å². The molecule has 1 spiro atoms. The van der Waals surface area contributed by atoms with Crippen LogP contribution in [-0.4, -0.2) is 19.1 Å². The number of likely N-dealkylation sites (N-methyl/N-ethyl adjacent to an activating group) is 1. The topological polar surface area (TPSA) is 29.3 Å². The average molecular weight is 290 g/mol. The fourth-order valence-corrected chi connectivity index (χ4v) is 4.53. The van der Waals surface area contributed by atoms with Gasteiger partial charge in [0.2, 0.25) is 0 Å². The zero-order valence-corrected chi connectivity index (χ0v) is 13.1. The Balaban J connectivity index is 1.80. The molecule has 1 aromatic carbocycles. The number of rotatable bonds is 3. The third kappa shape index (κ3) is 2.57. The van der Waals surface area contributed by atoms with Gasteiger partial charge in [-0.25, -0.2) is 4.39 Å². The van der Waals surface area contributed by atoms with Gasteiger partial charge in [0.05, 0.1) is 11.2 Å². The van der Waals surface area contributed by atoms with E-state index in [1.807, 2.05) is 19.2 Å². The minimum absolute atomic E-state index is 0.0734. The predicted molar refractivity (Wildman–Crippen MR) is 86.0 cm³/mol. The van der Waals surface area contributed by atoms with Gasteiger partial charge in [0.15, 0.2) is 0 Å². The Kier molecular flexibility index (Phi) is 3.96. The van der Waals surface area contributed by atoms with E-state index in [0.717, 1.165) is 12.8 Å². The molecule has 3 rings (SSSR count). The molecule has 0 bridgehead atoms. The van der Waals surface area contributed by atoms with Gasteiger partial charge < -0.3 is 10.6 Å². The molecule has 2 aliphatic carbocycles. The second-order valence-electron chi connectivity index (χ2n) is 7.15.